The summed E-state index contributed by atoms with van der Waals surface area (Å²) in [5.41, 5.74) is 5.24. The van der Waals surface area contributed by atoms with Gasteiger partial charge in [-0.3, -0.25) is 25.2 Å². The molecule has 8 nitrogen and oxygen atoms in total. The second kappa shape index (κ2) is 9.86. The van der Waals surface area contributed by atoms with E-state index >= 15 is 0 Å². The van der Waals surface area contributed by atoms with E-state index in [1.807, 2.05) is 0 Å². The zero-order chi connectivity index (χ0) is 20.5. The highest BCUT2D eigenvalue weighted by Crippen LogP contribution is 2.13. The summed E-state index contributed by atoms with van der Waals surface area (Å²) < 4.78 is 10.2. The Morgan fingerprint density at radius 3 is 2.29 bits per heavy atom. The standard InChI is InChI=1S/C20H20N2O6/c1-13(23)16-9-6-10-17(11-16)27-12-18(24)28-14(2)19(25)21-22-20(26)15-7-4-3-5-8-15/h3-11,14H,12H2,1-2H3,(H,21,25)(H,22,26)/t14-/m1/s1. The molecule has 0 aromatic heterocycles. The SMILES string of the molecule is CC(=O)c1cccc(OCC(=O)O[C@H](C)C(=O)NNC(=O)c2ccccc2)c1. The first kappa shape index (κ1) is 20.6. The van der Waals surface area contributed by atoms with Gasteiger partial charge in [-0.1, -0.05) is 30.3 Å². The number of ketones is 1. The van der Waals surface area contributed by atoms with Crippen LogP contribution in [0.5, 0.6) is 5.75 Å². The number of esters is 1. The highest BCUT2D eigenvalue weighted by atomic mass is 16.6. The minimum absolute atomic E-state index is 0.129. The lowest BCUT2D eigenvalue weighted by atomic mass is 10.1. The summed E-state index contributed by atoms with van der Waals surface area (Å²) in [5.74, 6) is -1.77. The third kappa shape index (κ3) is 6.24. The van der Waals surface area contributed by atoms with Crippen molar-refractivity contribution in [3.63, 3.8) is 0 Å². The normalized spacial score (nSPS) is 11.1. The lowest BCUT2D eigenvalue weighted by Crippen LogP contribution is -2.47. The van der Waals surface area contributed by atoms with Crippen LogP contribution >= 0.6 is 0 Å². The Hall–Kier alpha value is -3.68. The van der Waals surface area contributed by atoms with Gasteiger partial charge in [-0.2, -0.15) is 0 Å². The van der Waals surface area contributed by atoms with Crippen molar-refractivity contribution in [3.05, 3.63) is 65.7 Å². The van der Waals surface area contributed by atoms with Crippen LogP contribution in [0.2, 0.25) is 0 Å². The van der Waals surface area contributed by atoms with Crippen molar-refractivity contribution < 1.29 is 28.7 Å². The van der Waals surface area contributed by atoms with Gasteiger partial charge in [0.2, 0.25) is 0 Å². The van der Waals surface area contributed by atoms with E-state index < -0.39 is 30.5 Å². The van der Waals surface area contributed by atoms with E-state index in [9.17, 15) is 19.2 Å². The average Bonchev–Trinajstić information content (AvgIpc) is 2.71. The van der Waals surface area contributed by atoms with E-state index in [1.165, 1.54) is 19.9 Å². The molecule has 2 rings (SSSR count). The molecule has 0 unspecified atom stereocenters. The quantitative estimate of drug-likeness (QED) is 0.427. The Balaban J connectivity index is 1.76. The molecule has 0 saturated carbocycles. The first-order valence-electron chi connectivity index (χ1n) is 8.45. The van der Waals surface area contributed by atoms with Crippen LogP contribution in [0, 0.1) is 0 Å². The first-order chi connectivity index (χ1) is 13.4. The first-order valence-corrected chi connectivity index (χ1v) is 8.45. The van der Waals surface area contributed by atoms with Crippen LogP contribution < -0.4 is 15.6 Å². The predicted molar refractivity (Wildman–Crippen MR) is 99.5 cm³/mol. The molecule has 1 atom stereocenters. The van der Waals surface area contributed by atoms with Crippen molar-refractivity contribution in [1.29, 1.82) is 0 Å². The summed E-state index contributed by atoms with van der Waals surface area (Å²) in [6, 6.07) is 14.7. The number of ether oxygens (including phenoxy) is 2. The molecule has 28 heavy (non-hydrogen) atoms. The Morgan fingerprint density at radius 1 is 0.929 bits per heavy atom. The smallest absolute Gasteiger partial charge is 0.344 e. The Bertz CT molecular complexity index is 866. The number of carbonyl (C=O) groups is 4. The van der Waals surface area contributed by atoms with Crippen molar-refractivity contribution >= 4 is 23.6 Å². The van der Waals surface area contributed by atoms with Gasteiger partial charge in [0.25, 0.3) is 11.8 Å². The van der Waals surface area contributed by atoms with Gasteiger partial charge in [0.15, 0.2) is 18.5 Å². The lowest BCUT2D eigenvalue weighted by molar-refractivity contribution is -0.156. The van der Waals surface area contributed by atoms with Crippen LogP contribution in [0.1, 0.15) is 34.6 Å². The number of Topliss-reactive ketones (excluding diaryl/α,β-unsaturated/α-hetero) is 1. The van der Waals surface area contributed by atoms with Gasteiger partial charge in [-0.25, -0.2) is 4.79 Å². The molecule has 0 radical (unpaired) electrons. The van der Waals surface area contributed by atoms with Crippen LogP contribution in [0.25, 0.3) is 0 Å². The molecule has 2 N–H and O–H groups in total. The van der Waals surface area contributed by atoms with Crippen molar-refractivity contribution in [3.8, 4) is 5.75 Å². The summed E-state index contributed by atoms with van der Waals surface area (Å²) in [5, 5.41) is 0. The number of amides is 2. The van der Waals surface area contributed by atoms with E-state index in [2.05, 4.69) is 10.9 Å². The van der Waals surface area contributed by atoms with Crippen LogP contribution in [0.4, 0.5) is 0 Å². The molecular formula is C20H20N2O6. The Morgan fingerprint density at radius 2 is 1.61 bits per heavy atom. The second-order valence-electron chi connectivity index (χ2n) is 5.81. The fourth-order valence-corrected chi connectivity index (χ4v) is 2.11. The Kier molecular flexibility index (Phi) is 7.27. The van der Waals surface area contributed by atoms with Crippen LogP contribution in [-0.4, -0.2) is 36.3 Å². The second-order valence-corrected chi connectivity index (χ2v) is 5.81. The van der Waals surface area contributed by atoms with Gasteiger partial charge in [0.1, 0.15) is 5.75 Å². The molecular weight excluding hydrogens is 364 g/mol. The number of rotatable bonds is 7. The molecule has 0 heterocycles. The molecule has 0 aliphatic rings. The van der Waals surface area contributed by atoms with Crippen LogP contribution in [0.15, 0.2) is 54.6 Å². The zero-order valence-electron chi connectivity index (χ0n) is 15.4. The van der Waals surface area contributed by atoms with E-state index in [0.29, 0.717) is 16.9 Å². The van der Waals surface area contributed by atoms with Crippen molar-refractivity contribution in [2.24, 2.45) is 0 Å². The van der Waals surface area contributed by atoms with Crippen molar-refractivity contribution in [1.82, 2.24) is 10.9 Å². The average molecular weight is 384 g/mol. The van der Waals surface area contributed by atoms with Gasteiger partial charge in [-0.05, 0) is 38.1 Å². The van der Waals surface area contributed by atoms with Gasteiger partial charge in [0, 0.05) is 11.1 Å². The maximum Gasteiger partial charge on any atom is 0.344 e. The summed E-state index contributed by atoms with van der Waals surface area (Å²) in [7, 11) is 0. The maximum atomic E-state index is 11.9. The number of nitrogens with one attached hydrogen (secondary N) is 2. The third-order valence-corrected chi connectivity index (χ3v) is 3.61. The highest BCUT2D eigenvalue weighted by Gasteiger charge is 2.19. The summed E-state index contributed by atoms with van der Waals surface area (Å²) in [6.45, 7) is 2.35. The van der Waals surface area contributed by atoms with Gasteiger partial charge in [0.05, 0.1) is 0 Å². The van der Waals surface area contributed by atoms with E-state index in [1.54, 1.807) is 48.5 Å². The monoisotopic (exact) mass is 384 g/mol. The number of hydrogen-bond donors (Lipinski definition) is 2. The summed E-state index contributed by atoms with van der Waals surface area (Å²) in [6.07, 6.45) is -1.14. The largest absolute Gasteiger partial charge is 0.482 e. The zero-order valence-corrected chi connectivity index (χ0v) is 15.4. The molecule has 0 fully saturated rings. The summed E-state index contributed by atoms with van der Waals surface area (Å²) in [4.78, 5) is 46.9. The van der Waals surface area contributed by atoms with E-state index in [4.69, 9.17) is 9.47 Å². The van der Waals surface area contributed by atoms with Crippen LogP contribution in [0.3, 0.4) is 0 Å². The minimum Gasteiger partial charge on any atom is -0.482 e. The number of benzene rings is 2. The molecule has 8 heteroatoms. The Labute approximate surface area is 161 Å². The molecule has 2 amide bonds. The molecule has 0 aliphatic carbocycles. The summed E-state index contributed by atoms with van der Waals surface area (Å²) >= 11 is 0. The fourth-order valence-electron chi connectivity index (χ4n) is 2.11. The predicted octanol–water partition coefficient (Wildman–Crippen LogP) is 1.66. The van der Waals surface area contributed by atoms with E-state index in [-0.39, 0.29) is 5.78 Å². The van der Waals surface area contributed by atoms with Crippen LogP contribution in [-0.2, 0) is 14.3 Å². The number of carbonyl (C=O) groups excluding carboxylic acids is 4. The minimum atomic E-state index is -1.14. The van der Waals surface area contributed by atoms with Crippen molar-refractivity contribution in [2.45, 2.75) is 20.0 Å². The van der Waals surface area contributed by atoms with Crippen molar-refractivity contribution in [2.75, 3.05) is 6.61 Å². The molecule has 0 saturated heterocycles. The third-order valence-electron chi connectivity index (χ3n) is 3.61. The topological polar surface area (TPSA) is 111 Å². The lowest BCUT2D eigenvalue weighted by Gasteiger charge is -2.14. The highest BCUT2D eigenvalue weighted by molar-refractivity contribution is 5.96. The number of hydrogen-bond acceptors (Lipinski definition) is 6. The van der Waals surface area contributed by atoms with Gasteiger partial charge >= 0.3 is 5.97 Å². The molecule has 0 bridgehead atoms. The molecule has 2 aromatic rings. The van der Waals surface area contributed by atoms with Gasteiger partial charge < -0.3 is 9.47 Å². The molecule has 2 aromatic carbocycles. The molecule has 146 valence electrons. The van der Waals surface area contributed by atoms with E-state index in [0.717, 1.165) is 0 Å². The van der Waals surface area contributed by atoms with Gasteiger partial charge in [-0.15, -0.1) is 0 Å². The maximum absolute atomic E-state index is 11.9. The molecule has 0 aliphatic heterocycles. The number of hydrazine groups is 1. The fraction of sp³-hybridized carbons (Fsp3) is 0.200. The molecule has 0 spiro atoms.